The maximum absolute atomic E-state index is 9.16. The largest absolute Gasteiger partial charge is 0.457 e. The average Bonchev–Trinajstić information content (AvgIpc) is 2.50. The molecule has 0 bridgehead atoms. The molecule has 3 aromatic carbocycles. The minimum atomic E-state index is 0.663. The first-order valence-corrected chi connectivity index (χ1v) is 7.21. The van der Waals surface area contributed by atoms with Crippen LogP contribution in [0.2, 0.25) is 0 Å². The summed E-state index contributed by atoms with van der Waals surface area (Å²) in [7, 11) is 0. The van der Waals surface area contributed by atoms with Crippen molar-refractivity contribution in [1.29, 1.82) is 5.26 Å². The van der Waals surface area contributed by atoms with E-state index in [2.05, 4.69) is 28.7 Å². The predicted molar refractivity (Wildman–Crippen MR) is 87.9 cm³/mol. The van der Waals surface area contributed by atoms with Gasteiger partial charge in [-0.2, -0.15) is 5.26 Å². The van der Waals surface area contributed by atoms with Crippen LogP contribution in [0.4, 0.5) is 0 Å². The molecule has 0 spiro atoms. The number of hydrogen-bond donors (Lipinski definition) is 0. The summed E-state index contributed by atoms with van der Waals surface area (Å²) in [6, 6.07) is 21.5. The van der Waals surface area contributed by atoms with Gasteiger partial charge in [-0.15, -0.1) is 0 Å². The van der Waals surface area contributed by atoms with Crippen molar-refractivity contribution in [2.45, 2.75) is 0 Å². The van der Waals surface area contributed by atoms with E-state index < -0.39 is 0 Å². The van der Waals surface area contributed by atoms with Crippen LogP contribution in [0.25, 0.3) is 10.8 Å². The summed E-state index contributed by atoms with van der Waals surface area (Å²) in [5, 5.41) is 11.0. The first kappa shape index (κ1) is 12.9. The molecule has 3 aromatic rings. The second-order valence-electron chi connectivity index (χ2n) is 4.32. The molecule has 0 aliphatic rings. The van der Waals surface area contributed by atoms with E-state index in [4.69, 9.17) is 10.00 Å². The van der Waals surface area contributed by atoms with Crippen LogP contribution < -0.4 is 4.74 Å². The standard InChI is InChI=1S/C17H10INO/c18-13-6-8-14(9-7-13)20-17-10-5-12(11-19)15-3-1-2-4-16(15)17/h1-10H. The van der Waals surface area contributed by atoms with Gasteiger partial charge in [-0.3, -0.25) is 0 Å². The highest BCUT2D eigenvalue weighted by atomic mass is 127. The molecule has 20 heavy (non-hydrogen) atoms. The first-order chi connectivity index (χ1) is 9.78. The highest BCUT2D eigenvalue weighted by Crippen LogP contribution is 2.31. The maximum atomic E-state index is 9.16. The van der Waals surface area contributed by atoms with E-state index in [0.29, 0.717) is 5.56 Å². The summed E-state index contributed by atoms with van der Waals surface area (Å²) in [5.41, 5.74) is 0.663. The van der Waals surface area contributed by atoms with Gasteiger partial charge in [0.15, 0.2) is 0 Å². The van der Waals surface area contributed by atoms with Gasteiger partial charge < -0.3 is 4.74 Å². The lowest BCUT2D eigenvalue weighted by Gasteiger charge is -2.10. The summed E-state index contributed by atoms with van der Waals surface area (Å²) in [5.74, 6) is 1.56. The summed E-state index contributed by atoms with van der Waals surface area (Å²) in [6.45, 7) is 0. The minimum Gasteiger partial charge on any atom is -0.457 e. The summed E-state index contributed by atoms with van der Waals surface area (Å²) in [6.07, 6.45) is 0. The van der Waals surface area contributed by atoms with Crippen LogP contribution in [-0.2, 0) is 0 Å². The number of rotatable bonds is 2. The quantitative estimate of drug-likeness (QED) is 0.587. The van der Waals surface area contributed by atoms with Crippen LogP contribution >= 0.6 is 22.6 Å². The Bertz CT molecular complexity index is 803. The lowest BCUT2D eigenvalue weighted by Crippen LogP contribution is -1.88. The number of halogens is 1. The highest BCUT2D eigenvalue weighted by molar-refractivity contribution is 14.1. The SMILES string of the molecule is N#Cc1ccc(Oc2ccc(I)cc2)c2ccccc12. The Morgan fingerprint density at radius 3 is 2.25 bits per heavy atom. The number of fused-ring (bicyclic) bond motifs is 1. The van der Waals surface area contributed by atoms with Gasteiger partial charge in [0.05, 0.1) is 11.6 Å². The van der Waals surface area contributed by atoms with Gasteiger partial charge in [-0.05, 0) is 59.0 Å². The van der Waals surface area contributed by atoms with Crippen molar-refractivity contribution in [1.82, 2.24) is 0 Å². The van der Waals surface area contributed by atoms with E-state index in [1.807, 2.05) is 54.6 Å². The third-order valence-electron chi connectivity index (χ3n) is 3.05. The monoisotopic (exact) mass is 371 g/mol. The van der Waals surface area contributed by atoms with Crippen LogP contribution in [0, 0.1) is 14.9 Å². The van der Waals surface area contributed by atoms with Gasteiger partial charge in [0.25, 0.3) is 0 Å². The third kappa shape index (κ3) is 2.47. The molecule has 3 heteroatoms. The zero-order valence-electron chi connectivity index (χ0n) is 10.5. The number of nitrogens with zero attached hydrogens (tertiary/aromatic N) is 1. The molecule has 2 nitrogen and oxygen atoms in total. The number of hydrogen-bond acceptors (Lipinski definition) is 2. The smallest absolute Gasteiger partial charge is 0.135 e. The Kier molecular flexibility index (Phi) is 3.57. The Morgan fingerprint density at radius 2 is 1.55 bits per heavy atom. The molecule has 96 valence electrons. The molecule has 0 saturated carbocycles. The van der Waals surface area contributed by atoms with Crippen LogP contribution in [0.1, 0.15) is 5.56 Å². The van der Waals surface area contributed by atoms with Gasteiger partial charge in [0.1, 0.15) is 11.5 Å². The fourth-order valence-corrected chi connectivity index (χ4v) is 2.45. The van der Waals surface area contributed by atoms with E-state index in [1.165, 1.54) is 3.57 Å². The number of benzene rings is 3. The fourth-order valence-electron chi connectivity index (χ4n) is 2.09. The Labute approximate surface area is 130 Å². The molecule has 0 heterocycles. The van der Waals surface area contributed by atoms with Crippen molar-refractivity contribution < 1.29 is 4.74 Å². The molecule has 0 amide bonds. The zero-order valence-corrected chi connectivity index (χ0v) is 12.7. The molecule has 0 fully saturated rings. The Morgan fingerprint density at radius 1 is 0.850 bits per heavy atom. The van der Waals surface area contributed by atoms with Gasteiger partial charge in [0, 0.05) is 14.3 Å². The van der Waals surface area contributed by atoms with Gasteiger partial charge in [-0.1, -0.05) is 24.3 Å². The Balaban J connectivity index is 2.09. The maximum Gasteiger partial charge on any atom is 0.135 e. The van der Waals surface area contributed by atoms with Crippen molar-refractivity contribution in [3.8, 4) is 17.6 Å². The highest BCUT2D eigenvalue weighted by Gasteiger charge is 2.07. The second kappa shape index (κ2) is 5.51. The predicted octanol–water partition coefficient (Wildman–Crippen LogP) is 5.11. The van der Waals surface area contributed by atoms with Crippen molar-refractivity contribution >= 4 is 33.4 Å². The van der Waals surface area contributed by atoms with Crippen LogP contribution in [0.15, 0.2) is 60.7 Å². The molecule has 0 aliphatic carbocycles. The zero-order chi connectivity index (χ0) is 13.9. The summed E-state index contributed by atoms with van der Waals surface area (Å²) >= 11 is 2.26. The average molecular weight is 371 g/mol. The van der Waals surface area contributed by atoms with Crippen LogP contribution in [0.5, 0.6) is 11.5 Å². The van der Waals surface area contributed by atoms with Crippen molar-refractivity contribution in [2.75, 3.05) is 0 Å². The van der Waals surface area contributed by atoms with Crippen molar-refractivity contribution in [3.05, 3.63) is 69.8 Å². The van der Waals surface area contributed by atoms with Gasteiger partial charge in [0.2, 0.25) is 0 Å². The lowest BCUT2D eigenvalue weighted by atomic mass is 10.0. The van der Waals surface area contributed by atoms with E-state index in [-0.39, 0.29) is 0 Å². The topological polar surface area (TPSA) is 33.0 Å². The number of ether oxygens (including phenoxy) is 1. The normalized spacial score (nSPS) is 10.2. The van der Waals surface area contributed by atoms with E-state index in [0.717, 1.165) is 22.3 Å². The van der Waals surface area contributed by atoms with E-state index in [9.17, 15) is 0 Å². The molecule has 0 radical (unpaired) electrons. The van der Waals surface area contributed by atoms with Gasteiger partial charge >= 0.3 is 0 Å². The molecule has 0 atom stereocenters. The molecule has 0 saturated heterocycles. The van der Waals surface area contributed by atoms with Crippen molar-refractivity contribution in [3.63, 3.8) is 0 Å². The molecular weight excluding hydrogens is 361 g/mol. The summed E-state index contributed by atoms with van der Waals surface area (Å²) in [4.78, 5) is 0. The Hall–Kier alpha value is -2.06. The minimum absolute atomic E-state index is 0.663. The van der Waals surface area contributed by atoms with Gasteiger partial charge in [-0.25, -0.2) is 0 Å². The van der Waals surface area contributed by atoms with Crippen molar-refractivity contribution in [2.24, 2.45) is 0 Å². The molecular formula is C17H10INO. The van der Waals surface area contributed by atoms with E-state index in [1.54, 1.807) is 6.07 Å². The third-order valence-corrected chi connectivity index (χ3v) is 3.77. The second-order valence-corrected chi connectivity index (χ2v) is 5.57. The lowest BCUT2D eigenvalue weighted by molar-refractivity contribution is 0.488. The molecule has 3 rings (SSSR count). The first-order valence-electron chi connectivity index (χ1n) is 6.13. The number of nitriles is 1. The van der Waals surface area contributed by atoms with Crippen LogP contribution in [-0.4, -0.2) is 0 Å². The molecule has 0 aromatic heterocycles. The fraction of sp³-hybridized carbons (Fsp3) is 0. The summed E-state index contributed by atoms with van der Waals surface area (Å²) < 4.78 is 7.10. The molecule has 0 unspecified atom stereocenters. The molecule has 0 N–H and O–H groups in total. The molecule has 0 aliphatic heterocycles. The van der Waals surface area contributed by atoms with E-state index >= 15 is 0 Å². The van der Waals surface area contributed by atoms with Crippen LogP contribution in [0.3, 0.4) is 0 Å².